The van der Waals surface area contributed by atoms with Gasteiger partial charge >= 0.3 is 0 Å². The van der Waals surface area contributed by atoms with E-state index in [-0.39, 0.29) is 6.61 Å². The number of unbranched alkanes of at least 4 members (excludes halogenated alkanes) is 2. The lowest BCUT2D eigenvalue weighted by molar-refractivity contribution is 0.283. The molecule has 0 aliphatic heterocycles. The second-order valence-electron chi connectivity index (χ2n) is 3.45. The molecule has 0 aliphatic carbocycles. The summed E-state index contributed by atoms with van der Waals surface area (Å²) in [5.41, 5.74) is 0.625. The first-order valence-electron chi connectivity index (χ1n) is 5.28. The first kappa shape index (κ1) is 10.7. The molecule has 2 N–H and O–H groups in total. The van der Waals surface area contributed by atoms with Crippen LogP contribution in [0.2, 0.25) is 0 Å². The van der Waals surface area contributed by atoms with E-state index in [1.54, 1.807) is 16.9 Å². The molecule has 0 atom stereocenters. The molecular weight excluding hydrogens is 208 g/mol. The molecule has 0 saturated carbocycles. The Kier molecular flexibility index (Phi) is 3.60. The summed E-state index contributed by atoms with van der Waals surface area (Å²) in [5.74, 6) is 0.784. The predicted octanol–water partition coefficient (Wildman–Crippen LogP) is 0.0938. The SMILES string of the molecule is OCCCCCNc1cncc2nnnn12. The number of aliphatic hydroxyl groups is 1. The highest BCUT2D eigenvalue weighted by molar-refractivity contribution is 5.43. The molecule has 0 amide bonds. The third-order valence-electron chi connectivity index (χ3n) is 2.25. The van der Waals surface area contributed by atoms with Gasteiger partial charge in [0.2, 0.25) is 0 Å². The number of nitrogens with zero attached hydrogens (tertiary/aromatic N) is 5. The molecule has 7 nitrogen and oxygen atoms in total. The van der Waals surface area contributed by atoms with Crippen molar-refractivity contribution in [3.63, 3.8) is 0 Å². The summed E-state index contributed by atoms with van der Waals surface area (Å²) >= 11 is 0. The molecule has 0 radical (unpaired) electrons. The highest BCUT2D eigenvalue weighted by Gasteiger charge is 2.02. The molecule has 2 heterocycles. The monoisotopic (exact) mass is 222 g/mol. The molecule has 7 heteroatoms. The zero-order chi connectivity index (χ0) is 11.2. The van der Waals surface area contributed by atoms with Crippen molar-refractivity contribution in [2.45, 2.75) is 19.3 Å². The normalized spacial score (nSPS) is 10.8. The number of anilines is 1. The summed E-state index contributed by atoms with van der Waals surface area (Å²) in [5, 5.41) is 23.1. The highest BCUT2D eigenvalue weighted by atomic mass is 16.2. The van der Waals surface area contributed by atoms with Crippen molar-refractivity contribution < 1.29 is 5.11 Å². The van der Waals surface area contributed by atoms with Crippen LogP contribution in [0.1, 0.15) is 19.3 Å². The van der Waals surface area contributed by atoms with Crippen LogP contribution < -0.4 is 5.32 Å². The molecular formula is C9H14N6O. The van der Waals surface area contributed by atoms with E-state index in [0.29, 0.717) is 5.65 Å². The van der Waals surface area contributed by atoms with Gasteiger partial charge in [-0.1, -0.05) is 0 Å². The topological polar surface area (TPSA) is 88.2 Å². The Morgan fingerprint density at radius 3 is 3.06 bits per heavy atom. The zero-order valence-electron chi connectivity index (χ0n) is 8.87. The van der Waals surface area contributed by atoms with Crippen LogP contribution in [0.25, 0.3) is 5.65 Å². The van der Waals surface area contributed by atoms with Crippen molar-refractivity contribution in [2.24, 2.45) is 0 Å². The molecule has 0 aromatic carbocycles. The molecule has 16 heavy (non-hydrogen) atoms. The Labute approximate surface area is 92.5 Å². The standard InChI is InChI=1S/C9H14N6O/c16-5-3-1-2-4-11-8-6-10-7-9-12-13-14-15(8)9/h6-7,11,16H,1-5H2. The van der Waals surface area contributed by atoms with Crippen LogP contribution in [0.5, 0.6) is 0 Å². The maximum atomic E-state index is 8.64. The summed E-state index contributed by atoms with van der Waals surface area (Å²) in [6, 6.07) is 0. The van der Waals surface area contributed by atoms with E-state index in [0.717, 1.165) is 31.6 Å². The number of nitrogens with one attached hydrogen (secondary N) is 1. The molecule has 86 valence electrons. The van der Waals surface area contributed by atoms with E-state index in [1.807, 2.05) is 0 Å². The van der Waals surface area contributed by atoms with E-state index in [2.05, 4.69) is 25.8 Å². The number of hydrogen-bond acceptors (Lipinski definition) is 6. The summed E-state index contributed by atoms with van der Waals surface area (Å²) in [6.07, 6.45) is 6.14. The summed E-state index contributed by atoms with van der Waals surface area (Å²) in [4.78, 5) is 4.03. The quantitative estimate of drug-likeness (QED) is 0.674. The minimum Gasteiger partial charge on any atom is -0.396 e. The van der Waals surface area contributed by atoms with Crippen molar-refractivity contribution >= 4 is 11.5 Å². The van der Waals surface area contributed by atoms with Crippen molar-refractivity contribution in [3.05, 3.63) is 12.4 Å². The maximum Gasteiger partial charge on any atom is 0.199 e. The van der Waals surface area contributed by atoms with E-state index in [1.165, 1.54) is 0 Å². The fraction of sp³-hybridized carbons (Fsp3) is 0.556. The van der Waals surface area contributed by atoms with E-state index >= 15 is 0 Å². The van der Waals surface area contributed by atoms with Crippen LogP contribution in [-0.2, 0) is 0 Å². The number of tetrazole rings is 1. The lowest BCUT2D eigenvalue weighted by Gasteiger charge is -2.05. The van der Waals surface area contributed by atoms with Crippen molar-refractivity contribution in [1.29, 1.82) is 0 Å². The number of aliphatic hydroxyl groups excluding tert-OH is 1. The van der Waals surface area contributed by atoms with Gasteiger partial charge in [0, 0.05) is 13.2 Å². The smallest absolute Gasteiger partial charge is 0.199 e. The molecule has 0 bridgehead atoms. The molecule has 0 saturated heterocycles. The van der Waals surface area contributed by atoms with Crippen LogP contribution >= 0.6 is 0 Å². The van der Waals surface area contributed by atoms with Gasteiger partial charge in [-0.25, -0.2) is 0 Å². The number of rotatable bonds is 6. The van der Waals surface area contributed by atoms with Gasteiger partial charge < -0.3 is 10.4 Å². The molecule has 0 aliphatic rings. The molecule has 2 rings (SSSR count). The molecule has 0 spiro atoms. The fourth-order valence-corrected chi connectivity index (χ4v) is 1.43. The van der Waals surface area contributed by atoms with Gasteiger partial charge in [-0.15, -0.1) is 5.10 Å². The average molecular weight is 222 g/mol. The molecule has 0 fully saturated rings. The largest absolute Gasteiger partial charge is 0.396 e. The summed E-state index contributed by atoms with van der Waals surface area (Å²) in [6.45, 7) is 1.07. The number of aromatic nitrogens is 5. The van der Waals surface area contributed by atoms with Gasteiger partial charge in [0.25, 0.3) is 0 Å². The van der Waals surface area contributed by atoms with Crippen LogP contribution in [-0.4, -0.2) is 43.3 Å². The van der Waals surface area contributed by atoms with Crippen LogP contribution in [0.15, 0.2) is 12.4 Å². The second-order valence-corrected chi connectivity index (χ2v) is 3.45. The van der Waals surface area contributed by atoms with Gasteiger partial charge in [-0.05, 0) is 29.7 Å². The highest BCUT2D eigenvalue weighted by Crippen LogP contribution is 2.06. The van der Waals surface area contributed by atoms with Gasteiger partial charge in [-0.3, -0.25) is 4.98 Å². The summed E-state index contributed by atoms with van der Waals surface area (Å²) in [7, 11) is 0. The molecule has 2 aromatic rings. The minimum absolute atomic E-state index is 0.254. The van der Waals surface area contributed by atoms with Crippen LogP contribution in [0.4, 0.5) is 5.82 Å². The van der Waals surface area contributed by atoms with Gasteiger partial charge in [0.1, 0.15) is 5.82 Å². The van der Waals surface area contributed by atoms with E-state index in [4.69, 9.17) is 5.11 Å². The van der Waals surface area contributed by atoms with Crippen molar-refractivity contribution in [1.82, 2.24) is 25.0 Å². The fourth-order valence-electron chi connectivity index (χ4n) is 1.43. The molecule has 2 aromatic heterocycles. The number of hydrogen-bond donors (Lipinski definition) is 2. The third-order valence-corrected chi connectivity index (χ3v) is 2.25. The third kappa shape index (κ3) is 2.43. The van der Waals surface area contributed by atoms with Crippen molar-refractivity contribution in [2.75, 3.05) is 18.5 Å². The predicted molar refractivity (Wildman–Crippen MR) is 58.0 cm³/mol. The lowest BCUT2D eigenvalue weighted by Crippen LogP contribution is -2.07. The number of fused-ring (bicyclic) bond motifs is 1. The second kappa shape index (κ2) is 5.36. The Bertz CT molecular complexity index is 442. The first-order chi connectivity index (χ1) is 7.92. The van der Waals surface area contributed by atoms with E-state index in [9.17, 15) is 0 Å². The zero-order valence-corrected chi connectivity index (χ0v) is 8.87. The Balaban J connectivity index is 1.91. The van der Waals surface area contributed by atoms with Crippen LogP contribution in [0.3, 0.4) is 0 Å². The Morgan fingerprint density at radius 2 is 2.19 bits per heavy atom. The first-order valence-corrected chi connectivity index (χ1v) is 5.28. The van der Waals surface area contributed by atoms with Crippen molar-refractivity contribution in [3.8, 4) is 0 Å². The minimum atomic E-state index is 0.254. The van der Waals surface area contributed by atoms with E-state index < -0.39 is 0 Å². The average Bonchev–Trinajstić information content (AvgIpc) is 2.77. The Hall–Kier alpha value is -1.76. The summed E-state index contributed by atoms with van der Waals surface area (Å²) < 4.78 is 1.61. The van der Waals surface area contributed by atoms with Crippen LogP contribution in [0, 0.1) is 0 Å². The van der Waals surface area contributed by atoms with Gasteiger partial charge in [-0.2, -0.15) is 4.52 Å². The lowest BCUT2D eigenvalue weighted by atomic mass is 10.2. The van der Waals surface area contributed by atoms with Gasteiger partial charge in [0.15, 0.2) is 5.65 Å². The van der Waals surface area contributed by atoms with Gasteiger partial charge in [0.05, 0.1) is 12.4 Å². The Morgan fingerprint density at radius 1 is 1.25 bits per heavy atom. The maximum absolute atomic E-state index is 8.64. The molecule has 0 unspecified atom stereocenters.